The minimum absolute atomic E-state index is 0.0893. The van der Waals surface area contributed by atoms with Crippen molar-refractivity contribution in [2.75, 3.05) is 0 Å². The van der Waals surface area contributed by atoms with Crippen LogP contribution in [-0.4, -0.2) is 27.3 Å². The van der Waals surface area contributed by atoms with Crippen LogP contribution in [0, 0.1) is 0 Å². The number of hydrogen-bond acceptors (Lipinski definition) is 3. The van der Waals surface area contributed by atoms with E-state index in [1.54, 1.807) is 6.20 Å². The Kier molecular flexibility index (Phi) is 3.35. The number of benzene rings is 2. The second kappa shape index (κ2) is 5.52. The van der Waals surface area contributed by atoms with Gasteiger partial charge in [-0.2, -0.15) is 5.10 Å². The van der Waals surface area contributed by atoms with Gasteiger partial charge in [-0.05, 0) is 28.8 Å². The van der Waals surface area contributed by atoms with Crippen molar-refractivity contribution in [1.82, 2.24) is 15.5 Å². The molecule has 5 heteroatoms. The van der Waals surface area contributed by atoms with Crippen molar-refractivity contribution in [3.8, 4) is 0 Å². The molecule has 5 nitrogen and oxygen atoms in total. The summed E-state index contributed by atoms with van der Waals surface area (Å²) in [5, 5.41) is 21.0. The predicted octanol–water partition coefficient (Wildman–Crippen LogP) is 1.88. The standard InChI is InChI=1S/C18H17N3O2/c22-16-9-12-3-1-2-4-14(12)18(16)20-17(23)8-11-5-6-15-13(7-11)10-19-21-15/h1-7,10,16,18,22H,8-9H2,(H,19,21)(H,20,23)/t16-,18+/m1/s1. The maximum Gasteiger partial charge on any atom is 0.224 e. The third kappa shape index (κ3) is 2.59. The average molecular weight is 307 g/mol. The number of nitrogens with one attached hydrogen (secondary N) is 2. The number of nitrogens with zero attached hydrogens (tertiary/aromatic N) is 1. The van der Waals surface area contributed by atoms with Crippen molar-refractivity contribution in [2.24, 2.45) is 0 Å². The molecular formula is C18H17N3O2. The average Bonchev–Trinajstić information content (AvgIpc) is 3.12. The summed E-state index contributed by atoms with van der Waals surface area (Å²) in [5.74, 6) is -0.0893. The minimum Gasteiger partial charge on any atom is -0.390 e. The summed E-state index contributed by atoms with van der Waals surface area (Å²) < 4.78 is 0. The number of aliphatic hydroxyl groups is 1. The van der Waals surface area contributed by atoms with Crippen molar-refractivity contribution in [1.29, 1.82) is 0 Å². The molecule has 0 radical (unpaired) electrons. The fraction of sp³-hybridized carbons (Fsp3) is 0.222. The number of aliphatic hydroxyl groups excluding tert-OH is 1. The fourth-order valence-corrected chi connectivity index (χ4v) is 3.26. The molecule has 0 spiro atoms. The van der Waals surface area contributed by atoms with Gasteiger partial charge in [0.2, 0.25) is 5.91 Å². The van der Waals surface area contributed by atoms with E-state index in [4.69, 9.17) is 0 Å². The van der Waals surface area contributed by atoms with Gasteiger partial charge in [0.15, 0.2) is 0 Å². The molecule has 0 fully saturated rings. The Morgan fingerprint density at radius 2 is 2.17 bits per heavy atom. The van der Waals surface area contributed by atoms with Crippen LogP contribution in [0.4, 0.5) is 0 Å². The molecule has 0 aliphatic heterocycles. The number of fused-ring (bicyclic) bond motifs is 2. The Labute approximate surface area is 133 Å². The summed E-state index contributed by atoms with van der Waals surface area (Å²) >= 11 is 0. The first-order chi connectivity index (χ1) is 11.2. The van der Waals surface area contributed by atoms with Crippen LogP contribution >= 0.6 is 0 Å². The van der Waals surface area contributed by atoms with Crippen molar-refractivity contribution >= 4 is 16.8 Å². The van der Waals surface area contributed by atoms with E-state index in [1.807, 2.05) is 42.5 Å². The SMILES string of the molecule is O=C(Cc1ccc2[nH]ncc2c1)N[C@H]1c2ccccc2C[C@H]1O. The lowest BCUT2D eigenvalue weighted by molar-refractivity contribution is -0.121. The highest BCUT2D eigenvalue weighted by atomic mass is 16.3. The molecule has 0 bridgehead atoms. The molecule has 4 rings (SSSR count). The van der Waals surface area contributed by atoms with E-state index in [0.29, 0.717) is 6.42 Å². The zero-order chi connectivity index (χ0) is 15.8. The first-order valence-electron chi connectivity index (χ1n) is 7.68. The number of carbonyl (C=O) groups is 1. The van der Waals surface area contributed by atoms with Crippen LogP contribution in [-0.2, 0) is 17.6 Å². The van der Waals surface area contributed by atoms with Crippen LogP contribution in [0.15, 0.2) is 48.7 Å². The van der Waals surface area contributed by atoms with E-state index in [1.165, 1.54) is 0 Å². The number of hydrogen-bond donors (Lipinski definition) is 3. The number of aromatic nitrogens is 2. The quantitative estimate of drug-likeness (QED) is 0.691. The van der Waals surface area contributed by atoms with E-state index in [9.17, 15) is 9.90 Å². The molecule has 23 heavy (non-hydrogen) atoms. The molecule has 1 aliphatic carbocycles. The highest BCUT2D eigenvalue weighted by molar-refractivity contribution is 5.83. The topological polar surface area (TPSA) is 78.0 Å². The van der Waals surface area contributed by atoms with Gasteiger partial charge in [0, 0.05) is 11.8 Å². The predicted molar refractivity (Wildman–Crippen MR) is 86.8 cm³/mol. The highest BCUT2D eigenvalue weighted by Crippen LogP contribution is 2.31. The third-order valence-corrected chi connectivity index (χ3v) is 4.39. The van der Waals surface area contributed by atoms with E-state index in [-0.39, 0.29) is 18.4 Å². The van der Waals surface area contributed by atoms with Crippen LogP contribution in [0.2, 0.25) is 0 Å². The molecule has 1 amide bonds. The minimum atomic E-state index is -0.562. The second-order valence-corrected chi connectivity index (χ2v) is 5.98. The van der Waals surface area contributed by atoms with E-state index in [2.05, 4.69) is 15.5 Å². The number of carbonyl (C=O) groups excluding carboxylic acids is 1. The Balaban J connectivity index is 1.49. The van der Waals surface area contributed by atoms with E-state index < -0.39 is 6.10 Å². The Morgan fingerprint density at radius 3 is 3.09 bits per heavy atom. The molecule has 0 unspecified atom stereocenters. The number of aromatic amines is 1. The maximum absolute atomic E-state index is 12.4. The lowest BCUT2D eigenvalue weighted by Gasteiger charge is -2.18. The number of rotatable bonds is 3. The summed E-state index contributed by atoms with van der Waals surface area (Å²) in [6, 6.07) is 13.3. The highest BCUT2D eigenvalue weighted by Gasteiger charge is 2.31. The van der Waals surface area contributed by atoms with Crippen LogP contribution in [0.3, 0.4) is 0 Å². The van der Waals surface area contributed by atoms with E-state index in [0.717, 1.165) is 27.6 Å². The summed E-state index contributed by atoms with van der Waals surface area (Å²) in [4.78, 5) is 12.4. The lowest BCUT2D eigenvalue weighted by atomic mass is 10.1. The summed E-state index contributed by atoms with van der Waals surface area (Å²) in [7, 11) is 0. The fourth-order valence-electron chi connectivity index (χ4n) is 3.26. The maximum atomic E-state index is 12.4. The summed E-state index contributed by atoms with van der Waals surface area (Å²) in [6.45, 7) is 0. The molecular weight excluding hydrogens is 290 g/mol. The van der Waals surface area contributed by atoms with Gasteiger partial charge in [-0.25, -0.2) is 0 Å². The van der Waals surface area contributed by atoms with E-state index >= 15 is 0 Å². The van der Waals surface area contributed by atoms with Gasteiger partial charge in [0.05, 0.1) is 30.3 Å². The van der Waals surface area contributed by atoms with Gasteiger partial charge in [0.25, 0.3) is 0 Å². The van der Waals surface area contributed by atoms with Crippen molar-refractivity contribution < 1.29 is 9.90 Å². The van der Waals surface area contributed by atoms with Gasteiger partial charge in [-0.3, -0.25) is 9.89 Å². The van der Waals surface area contributed by atoms with Crippen molar-refractivity contribution in [2.45, 2.75) is 25.0 Å². The first-order valence-corrected chi connectivity index (χ1v) is 7.68. The zero-order valence-corrected chi connectivity index (χ0v) is 12.5. The molecule has 1 aliphatic rings. The third-order valence-electron chi connectivity index (χ3n) is 4.39. The van der Waals surface area contributed by atoms with Gasteiger partial charge >= 0.3 is 0 Å². The molecule has 3 N–H and O–H groups in total. The molecule has 1 heterocycles. The van der Waals surface area contributed by atoms with Crippen LogP contribution in [0.5, 0.6) is 0 Å². The number of H-pyrrole nitrogens is 1. The Morgan fingerprint density at radius 1 is 1.30 bits per heavy atom. The number of amides is 1. The van der Waals surface area contributed by atoms with Crippen molar-refractivity contribution in [3.63, 3.8) is 0 Å². The van der Waals surface area contributed by atoms with Gasteiger partial charge in [0.1, 0.15) is 0 Å². The largest absolute Gasteiger partial charge is 0.390 e. The van der Waals surface area contributed by atoms with Crippen LogP contribution < -0.4 is 5.32 Å². The molecule has 2 aromatic carbocycles. The Hall–Kier alpha value is -2.66. The lowest BCUT2D eigenvalue weighted by Crippen LogP contribution is -2.34. The monoisotopic (exact) mass is 307 g/mol. The second-order valence-electron chi connectivity index (χ2n) is 5.98. The Bertz CT molecular complexity index is 871. The summed E-state index contributed by atoms with van der Waals surface area (Å²) in [6.07, 6.45) is 2.05. The molecule has 2 atom stereocenters. The van der Waals surface area contributed by atoms with Gasteiger partial charge < -0.3 is 10.4 Å². The molecule has 1 aromatic heterocycles. The van der Waals surface area contributed by atoms with Crippen molar-refractivity contribution in [3.05, 3.63) is 65.4 Å². The summed E-state index contributed by atoms with van der Waals surface area (Å²) in [5.41, 5.74) is 4.00. The smallest absolute Gasteiger partial charge is 0.224 e. The van der Waals surface area contributed by atoms with Gasteiger partial charge in [-0.1, -0.05) is 30.3 Å². The molecule has 0 saturated carbocycles. The van der Waals surface area contributed by atoms with Crippen LogP contribution in [0.25, 0.3) is 10.9 Å². The molecule has 3 aromatic rings. The van der Waals surface area contributed by atoms with Crippen LogP contribution in [0.1, 0.15) is 22.7 Å². The molecule has 0 saturated heterocycles. The van der Waals surface area contributed by atoms with Gasteiger partial charge in [-0.15, -0.1) is 0 Å². The normalized spacial score (nSPS) is 19.7. The first kappa shape index (κ1) is 14.0. The molecule has 116 valence electrons. The zero-order valence-electron chi connectivity index (χ0n) is 12.5.